The van der Waals surface area contributed by atoms with Crippen molar-refractivity contribution in [3.05, 3.63) is 23.8 Å². The van der Waals surface area contributed by atoms with Gasteiger partial charge in [-0.25, -0.2) is 4.79 Å². The Kier molecular flexibility index (Phi) is 9.86. The summed E-state index contributed by atoms with van der Waals surface area (Å²) in [6.45, 7) is 4.04. The maximum atomic E-state index is 10.9. The molecule has 0 N–H and O–H groups in total. The van der Waals surface area contributed by atoms with Crippen molar-refractivity contribution >= 4 is 18.2 Å². The van der Waals surface area contributed by atoms with E-state index >= 15 is 0 Å². The van der Waals surface area contributed by atoms with Crippen LogP contribution in [0.1, 0.15) is 13.8 Å². The average Bonchev–Trinajstić information content (AvgIpc) is 2.42. The van der Waals surface area contributed by atoms with Crippen LogP contribution in [0.25, 0.3) is 0 Å². The van der Waals surface area contributed by atoms with E-state index in [1.165, 1.54) is 32.3 Å². The molecule has 0 radical (unpaired) electrons. The summed E-state index contributed by atoms with van der Waals surface area (Å²) in [7, 11) is 1.27. The van der Waals surface area contributed by atoms with Gasteiger partial charge in [0.1, 0.15) is 6.29 Å². The van der Waals surface area contributed by atoms with E-state index in [-0.39, 0.29) is 25.1 Å². The zero-order valence-electron chi connectivity index (χ0n) is 12.0. The molecule has 0 heterocycles. The molecule has 0 fully saturated rings. The first-order chi connectivity index (χ1) is 9.49. The molecule has 20 heavy (non-hydrogen) atoms. The molecule has 0 saturated carbocycles. The fourth-order valence-electron chi connectivity index (χ4n) is 1.17. The number of ether oxygens (including phenoxy) is 3. The molecule has 0 aliphatic rings. The van der Waals surface area contributed by atoms with Crippen molar-refractivity contribution in [1.29, 1.82) is 0 Å². The van der Waals surface area contributed by atoms with Crippen LogP contribution in [0.4, 0.5) is 0 Å². The highest BCUT2D eigenvalue weighted by Crippen LogP contribution is 2.02. The fourth-order valence-corrected chi connectivity index (χ4v) is 1.17. The molecule has 112 valence electrons. The normalized spacial score (nSPS) is 13.1. The number of aldehydes is 1. The van der Waals surface area contributed by atoms with Gasteiger partial charge < -0.3 is 14.2 Å². The van der Waals surface area contributed by atoms with E-state index in [1.807, 2.05) is 6.92 Å². The van der Waals surface area contributed by atoms with Crippen LogP contribution in [0.2, 0.25) is 0 Å². The van der Waals surface area contributed by atoms with Crippen molar-refractivity contribution in [3.8, 4) is 0 Å². The van der Waals surface area contributed by atoms with Crippen LogP contribution in [0.15, 0.2) is 23.8 Å². The molecule has 0 aliphatic carbocycles. The molecule has 0 amide bonds. The van der Waals surface area contributed by atoms with Gasteiger partial charge in [0, 0.05) is 18.9 Å². The summed E-state index contributed by atoms with van der Waals surface area (Å²) >= 11 is 0. The van der Waals surface area contributed by atoms with E-state index in [9.17, 15) is 14.4 Å². The molecular weight excluding hydrogens is 264 g/mol. The number of esters is 2. The lowest BCUT2D eigenvalue weighted by Crippen LogP contribution is -2.15. The second-order valence-electron chi connectivity index (χ2n) is 4.16. The second kappa shape index (κ2) is 10.9. The SMILES string of the molecule is COC(=O)/C=C/C(=C\C=O)COC[C@H](C)COC(C)=O. The Morgan fingerprint density at radius 2 is 1.90 bits per heavy atom. The Morgan fingerprint density at radius 3 is 2.45 bits per heavy atom. The number of carbonyl (C=O) groups is 3. The highest BCUT2D eigenvalue weighted by atomic mass is 16.5. The molecule has 0 aromatic carbocycles. The minimum Gasteiger partial charge on any atom is -0.466 e. The quantitative estimate of drug-likeness (QED) is 0.272. The average molecular weight is 284 g/mol. The number of allylic oxidation sites excluding steroid dienone is 1. The highest BCUT2D eigenvalue weighted by molar-refractivity contribution is 5.82. The van der Waals surface area contributed by atoms with Crippen LogP contribution in [-0.4, -0.2) is 45.2 Å². The number of hydrogen-bond donors (Lipinski definition) is 0. The molecule has 0 rings (SSSR count). The molecule has 6 nitrogen and oxygen atoms in total. The molecule has 0 unspecified atom stereocenters. The lowest BCUT2D eigenvalue weighted by atomic mass is 10.2. The van der Waals surface area contributed by atoms with Crippen molar-refractivity contribution in [1.82, 2.24) is 0 Å². The van der Waals surface area contributed by atoms with Crippen molar-refractivity contribution in [2.24, 2.45) is 5.92 Å². The minimum atomic E-state index is -0.509. The van der Waals surface area contributed by atoms with Gasteiger partial charge in [-0.05, 0) is 17.7 Å². The van der Waals surface area contributed by atoms with Gasteiger partial charge in [-0.15, -0.1) is 0 Å². The summed E-state index contributed by atoms with van der Waals surface area (Å²) in [5, 5.41) is 0. The highest BCUT2D eigenvalue weighted by Gasteiger charge is 2.05. The maximum absolute atomic E-state index is 10.9. The van der Waals surface area contributed by atoms with E-state index in [0.29, 0.717) is 18.5 Å². The fraction of sp³-hybridized carbons (Fsp3) is 0.500. The number of hydrogen-bond acceptors (Lipinski definition) is 6. The third-order valence-electron chi connectivity index (χ3n) is 2.16. The maximum Gasteiger partial charge on any atom is 0.330 e. The van der Waals surface area contributed by atoms with Crippen LogP contribution in [-0.2, 0) is 28.6 Å². The Labute approximate surface area is 118 Å². The number of rotatable bonds is 9. The summed E-state index contributed by atoms with van der Waals surface area (Å²) in [5.74, 6) is -0.801. The van der Waals surface area contributed by atoms with Crippen molar-refractivity contribution < 1.29 is 28.6 Å². The molecule has 0 bridgehead atoms. The summed E-state index contributed by atoms with van der Waals surface area (Å²) in [5.41, 5.74) is 0.546. The summed E-state index contributed by atoms with van der Waals surface area (Å²) in [6.07, 6.45) is 4.58. The first-order valence-electron chi connectivity index (χ1n) is 6.11. The van der Waals surface area contributed by atoms with Gasteiger partial charge in [-0.3, -0.25) is 9.59 Å². The number of carbonyl (C=O) groups excluding carboxylic acids is 3. The first kappa shape index (κ1) is 18.0. The van der Waals surface area contributed by atoms with Gasteiger partial charge >= 0.3 is 11.9 Å². The first-order valence-corrected chi connectivity index (χ1v) is 6.11. The van der Waals surface area contributed by atoms with Gasteiger partial charge in [0.2, 0.25) is 0 Å². The third kappa shape index (κ3) is 10.0. The number of methoxy groups -OCH3 is 1. The van der Waals surface area contributed by atoms with E-state index in [4.69, 9.17) is 9.47 Å². The molecule has 0 aliphatic heterocycles. The topological polar surface area (TPSA) is 78.9 Å². The lowest BCUT2D eigenvalue weighted by molar-refractivity contribution is -0.142. The smallest absolute Gasteiger partial charge is 0.330 e. The van der Waals surface area contributed by atoms with Crippen LogP contribution >= 0.6 is 0 Å². The summed E-state index contributed by atoms with van der Waals surface area (Å²) < 4.78 is 14.7. The Balaban J connectivity index is 4.13. The second-order valence-corrected chi connectivity index (χ2v) is 4.16. The Morgan fingerprint density at radius 1 is 1.20 bits per heavy atom. The van der Waals surface area contributed by atoms with Gasteiger partial charge in [0.15, 0.2) is 0 Å². The van der Waals surface area contributed by atoms with Crippen molar-refractivity contribution in [2.45, 2.75) is 13.8 Å². The molecule has 0 spiro atoms. The van der Waals surface area contributed by atoms with E-state index in [0.717, 1.165) is 0 Å². The molecule has 0 saturated heterocycles. The Hall–Kier alpha value is -1.95. The molecule has 1 atom stereocenters. The third-order valence-corrected chi connectivity index (χ3v) is 2.16. The lowest BCUT2D eigenvalue weighted by Gasteiger charge is -2.12. The van der Waals surface area contributed by atoms with Crippen molar-refractivity contribution in [3.63, 3.8) is 0 Å². The molecule has 0 aromatic rings. The largest absolute Gasteiger partial charge is 0.466 e. The molecule has 6 heteroatoms. The molecular formula is C14H20O6. The monoisotopic (exact) mass is 284 g/mol. The van der Waals surface area contributed by atoms with Gasteiger partial charge in [-0.2, -0.15) is 0 Å². The van der Waals surface area contributed by atoms with E-state index in [2.05, 4.69) is 4.74 Å². The van der Waals surface area contributed by atoms with Gasteiger partial charge in [0.25, 0.3) is 0 Å². The minimum absolute atomic E-state index is 0.0426. The van der Waals surface area contributed by atoms with E-state index < -0.39 is 5.97 Å². The standard InChI is InChI=1S/C14H20O6/c1-11(9-20-12(2)16)8-19-10-13(6-7-15)4-5-14(17)18-3/h4-7,11H,8-10H2,1-3H3/b5-4+,13-6+/t11-/m0/s1. The van der Waals surface area contributed by atoms with E-state index in [1.54, 1.807) is 0 Å². The predicted octanol–water partition coefficient (Wildman–Crippen LogP) is 1.06. The van der Waals surface area contributed by atoms with Crippen LogP contribution in [0.5, 0.6) is 0 Å². The molecule has 0 aromatic heterocycles. The summed E-state index contributed by atoms with van der Waals surface area (Å²) in [4.78, 5) is 32.0. The van der Waals surface area contributed by atoms with Crippen LogP contribution < -0.4 is 0 Å². The summed E-state index contributed by atoms with van der Waals surface area (Å²) in [6, 6.07) is 0. The predicted molar refractivity (Wildman–Crippen MR) is 71.9 cm³/mol. The van der Waals surface area contributed by atoms with Gasteiger partial charge in [-0.1, -0.05) is 6.92 Å². The Bertz CT molecular complexity index is 383. The van der Waals surface area contributed by atoms with Crippen LogP contribution in [0.3, 0.4) is 0 Å². The van der Waals surface area contributed by atoms with Crippen LogP contribution in [0, 0.1) is 5.92 Å². The zero-order valence-corrected chi connectivity index (χ0v) is 12.0. The zero-order chi connectivity index (χ0) is 15.4. The van der Waals surface area contributed by atoms with Crippen molar-refractivity contribution in [2.75, 3.05) is 26.9 Å². The van der Waals surface area contributed by atoms with Gasteiger partial charge in [0.05, 0.1) is 26.9 Å².